The number of rotatable bonds is 4. The van der Waals surface area contributed by atoms with Crippen LogP contribution in [-0.4, -0.2) is 15.5 Å². The van der Waals surface area contributed by atoms with Gasteiger partial charge in [0.15, 0.2) is 9.84 Å². The van der Waals surface area contributed by atoms with Crippen LogP contribution < -0.4 is 10.5 Å². The summed E-state index contributed by atoms with van der Waals surface area (Å²) in [4.78, 5) is 0.309. The van der Waals surface area contributed by atoms with Crippen molar-refractivity contribution in [2.45, 2.75) is 17.6 Å². The molecule has 2 rings (SSSR count). The summed E-state index contributed by atoms with van der Waals surface area (Å²) in [5.74, 6) is 0.597. The van der Waals surface area contributed by atoms with Crippen LogP contribution in [0.1, 0.15) is 11.1 Å². The van der Waals surface area contributed by atoms with E-state index in [1.165, 1.54) is 0 Å². The summed E-state index contributed by atoms with van der Waals surface area (Å²) in [5.41, 5.74) is 7.56. The van der Waals surface area contributed by atoms with E-state index >= 15 is 0 Å². The van der Waals surface area contributed by atoms with E-state index in [2.05, 4.69) is 15.9 Å². The first-order valence-corrected chi connectivity index (χ1v) is 8.69. The van der Waals surface area contributed by atoms with Crippen LogP contribution in [0.4, 0.5) is 5.69 Å². The summed E-state index contributed by atoms with van der Waals surface area (Å²) < 4.78 is 30.9. The van der Waals surface area contributed by atoms with Crippen molar-refractivity contribution in [1.29, 1.82) is 0 Å². The molecular formula is C15H16BrNO3S. The van der Waals surface area contributed by atoms with Gasteiger partial charge in [-0.2, -0.15) is 0 Å². The number of benzene rings is 2. The zero-order valence-corrected chi connectivity index (χ0v) is 14.2. The first kappa shape index (κ1) is 15.9. The second-order valence-corrected chi connectivity index (χ2v) is 7.57. The maximum atomic E-state index is 12.5. The van der Waals surface area contributed by atoms with Crippen molar-refractivity contribution in [3.63, 3.8) is 0 Å². The molecule has 6 heteroatoms. The Hall–Kier alpha value is -1.53. The monoisotopic (exact) mass is 369 g/mol. The number of ether oxygens (including phenoxy) is 1. The maximum absolute atomic E-state index is 12.5. The van der Waals surface area contributed by atoms with Gasteiger partial charge in [-0.3, -0.25) is 0 Å². The number of aryl methyl sites for hydroxylation is 1. The Morgan fingerprint density at radius 2 is 1.90 bits per heavy atom. The largest absolute Gasteiger partial charge is 0.496 e. The summed E-state index contributed by atoms with van der Waals surface area (Å²) in [5, 5.41) is 0. The molecular weight excluding hydrogens is 354 g/mol. The Balaban J connectivity index is 2.35. The van der Waals surface area contributed by atoms with Crippen LogP contribution in [0.5, 0.6) is 5.75 Å². The molecule has 0 unspecified atom stereocenters. The molecule has 0 heterocycles. The Morgan fingerprint density at radius 1 is 1.19 bits per heavy atom. The molecule has 0 aromatic heterocycles. The van der Waals surface area contributed by atoms with E-state index in [0.29, 0.717) is 27.5 Å². The third kappa shape index (κ3) is 3.57. The Morgan fingerprint density at radius 3 is 2.48 bits per heavy atom. The highest BCUT2D eigenvalue weighted by molar-refractivity contribution is 9.10. The third-order valence-electron chi connectivity index (χ3n) is 3.11. The van der Waals surface area contributed by atoms with Crippen molar-refractivity contribution in [3.8, 4) is 5.75 Å². The Labute approximate surface area is 133 Å². The average Bonchev–Trinajstić information content (AvgIpc) is 2.37. The average molecular weight is 370 g/mol. The van der Waals surface area contributed by atoms with Crippen molar-refractivity contribution in [2.75, 3.05) is 12.8 Å². The molecule has 0 atom stereocenters. The molecule has 0 aliphatic carbocycles. The quantitative estimate of drug-likeness (QED) is 0.839. The predicted octanol–water partition coefficient (Wildman–Crippen LogP) is 3.32. The second kappa shape index (κ2) is 6.07. The van der Waals surface area contributed by atoms with Gasteiger partial charge >= 0.3 is 0 Å². The predicted molar refractivity (Wildman–Crippen MR) is 87.2 cm³/mol. The van der Waals surface area contributed by atoms with E-state index in [1.54, 1.807) is 50.4 Å². The normalized spacial score (nSPS) is 11.4. The molecule has 2 aromatic carbocycles. The lowest BCUT2D eigenvalue weighted by molar-refractivity contribution is 0.412. The van der Waals surface area contributed by atoms with Gasteiger partial charge in [-0.15, -0.1) is 0 Å². The van der Waals surface area contributed by atoms with Crippen LogP contribution in [-0.2, 0) is 15.6 Å². The molecule has 21 heavy (non-hydrogen) atoms. The molecule has 112 valence electrons. The third-order valence-corrected chi connectivity index (χ3v) is 5.57. The zero-order chi connectivity index (χ0) is 15.6. The van der Waals surface area contributed by atoms with Gasteiger partial charge in [0.2, 0.25) is 0 Å². The molecule has 2 aromatic rings. The molecule has 0 saturated heterocycles. The highest BCUT2D eigenvalue weighted by Crippen LogP contribution is 2.28. The van der Waals surface area contributed by atoms with E-state index in [4.69, 9.17) is 10.5 Å². The van der Waals surface area contributed by atoms with E-state index < -0.39 is 9.84 Å². The molecule has 0 saturated carbocycles. The minimum absolute atomic E-state index is 0.0691. The van der Waals surface area contributed by atoms with Crippen molar-refractivity contribution < 1.29 is 13.2 Å². The van der Waals surface area contributed by atoms with Gasteiger partial charge in [0.1, 0.15) is 5.75 Å². The second-order valence-electron chi connectivity index (χ2n) is 4.75. The standard InChI is InChI=1S/C15H16BrNO3S/c1-10-7-12(17)4-6-15(10)21(18,19)9-11-3-5-14(20-2)13(16)8-11/h3-8H,9,17H2,1-2H3. The number of anilines is 1. The van der Waals surface area contributed by atoms with E-state index in [-0.39, 0.29) is 5.75 Å². The van der Waals surface area contributed by atoms with Crippen molar-refractivity contribution >= 4 is 31.5 Å². The van der Waals surface area contributed by atoms with Gasteiger partial charge in [-0.1, -0.05) is 6.07 Å². The molecule has 0 aliphatic heterocycles. The first-order chi connectivity index (χ1) is 9.83. The Bertz CT molecular complexity index is 772. The number of hydrogen-bond acceptors (Lipinski definition) is 4. The molecule has 2 N–H and O–H groups in total. The van der Waals surface area contributed by atoms with Crippen molar-refractivity contribution in [2.24, 2.45) is 0 Å². The van der Waals surface area contributed by atoms with Gasteiger partial charge < -0.3 is 10.5 Å². The number of halogens is 1. The molecule has 0 fully saturated rings. The number of hydrogen-bond donors (Lipinski definition) is 1. The van der Waals surface area contributed by atoms with Crippen LogP contribution in [0.25, 0.3) is 0 Å². The molecule has 0 spiro atoms. The zero-order valence-electron chi connectivity index (χ0n) is 11.8. The Kier molecular flexibility index (Phi) is 4.58. The fourth-order valence-corrected chi connectivity index (χ4v) is 4.31. The van der Waals surface area contributed by atoms with Crippen LogP contribution in [0, 0.1) is 6.92 Å². The number of methoxy groups -OCH3 is 1. The molecule has 4 nitrogen and oxygen atoms in total. The summed E-state index contributed by atoms with van der Waals surface area (Å²) in [6.07, 6.45) is 0. The van der Waals surface area contributed by atoms with Gasteiger partial charge in [0, 0.05) is 5.69 Å². The van der Waals surface area contributed by atoms with Gasteiger partial charge in [0.05, 0.1) is 22.2 Å². The lowest BCUT2D eigenvalue weighted by Crippen LogP contribution is -2.07. The molecule has 0 radical (unpaired) electrons. The minimum atomic E-state index is -3.41. The highest BCUT2D eigenvalue weighted by Gasteiger charge is 2.18. The highest BCUT2D eigenvalue weighted by atomic mass is 79.9. The number of sulfone groups is 1. The first-order valence-electron chi connectivity index (χ1n) is 6.25. The summed E-state index contributed by atoms with van der Waals surface area (Å²) in [6, 6.07) is 10.1. The van der Waals surface area contributed by atoms with Gasteiger partial charge in [-0.05, 0) is 64.3 Å². The van der Waals surface area contributed by atoms with E-state index in [9.17, 15) is 8.42 Å². The van der Waals surface area contributed by atoms with Gasteiger partial charge in [0.25, 0.3) is 0 Å². The van der Waals surface area contributed by atoms with E-state index in [1.807, 2.05) is 0 Å². The smallest absolute Gasteiger partial charge is 0.182 e. The molecule has 0 aliphatic rings. The lowest BCUT2D eigenvalue weighted by Gasteiger charge is -2.10. The van der Waals surface area contributed by atoms with Crippen LogP contribution >= 0.6 is 15.9 Å². The molecule has 0 bridgehead atoms. The van der Waals surface area contributed by atoms with Gasteiger partial charge in [-0.25, -0.2) is 8.42 Å². The topological polar surface area (TPSA) is 69.4 Å². The fourth-order valence-electron chi connectivity index (χ4n) is 2.12. The summed E-state index contributed by atoms with van der Waals surface area (Å²) >= 11 is 3.36. The summed E-state index contributed by atoms with van der Waals surface area (Å²) in [6.45, 7) is 1.74. The fraction of sp³-hybridized carbons (Fsp3) is 0.200. The SMILES string of the molecule is COc1ccc(CS(=O)(=O)c2ccc(N)cc2C)cc1Br. The molecule has 0 amide bonds. The summed E-state index contributed by atoms with van der Waals surface area (Å²) in [7, 11) is -1.85. The maximum Gasteiger partial charge on any atom is 0.182 e. The van der Waals surface area contributed by atoms with Crippen molar-refractivity contribution in [1.82, 2.24) is 0 Å². The van der Waals surface area contributed by atoms with Crippen molar-refractivity contribution in [3.05, 3.63) is 52.0 Å². The minimum Gasteiger partial charge on any atom is -0.496 e. The lowest BCUT2D eigenvalue weighted by atomic mass is 10.2. The van der Waals surface area contributed by atoms with Crippen LogP contribution in [0.3, 0.4) is 0 Å². The van der Waals surface area contributed by atoms with Crippen LogP contribution in [0.2, 0.25) is 0 Å². The number of nitrogen functional groups attached to an aromatic ring is 1. The van der Waals surface area contributed by atoms with Crippen LogP contribution in [0.15, 0.2) is 45.8 Å². The van der Waals surface area contributed by atoms with E-state index in [0.717, 1.165) is 4.47 Å². The number of nitrogens with two attached hydrogens (primary N) is 1.